The van der Waals surface area contributed by atoms with E-state index in [1.165, 1.54) is 49.7 Å². The number of hydrogen-bond donors (Lipinski definition) is 0. The fourth-order valence-electron chi connectivity index (χ4n) is 6.61. The Hall–Kier alpha value is -2.03. The summed E-state index contributed by atoms with van der Waals surface area (Å²) in [5, 5.41) is 0. The van der Waals surface area contributed by atoms with Gasteiger partial charge in [0.2, 0.25) is 0 Å². The fourth-order valence-corrected chi connectivity index (χ4v) is 6.61. The van der Waals surface area contributed by atoms with Crippen LogP contribution in [-0.2, 0) is 11.2 Å². The second kappa shape index (κ2) is 6.79. The minimum atomic E-state index is -0.232. The van der Waals surface area contributed by atoms with Crippen LogP contribution in [0.3, 0.4) is 0 Å². The molecular formula is C25H31NO2. The zero-order chi connectivity index (χ0) is 19.3. The molecule has 4 atom stereocenters. The summed E-state index contributed by atoms with van der Waals surface area (Å²) in [7, 11) is 1.93. The Morgan fingerprint density at radius 3 is 2.96 bits per heavy atom. The Labute approximate surface area is 168 Å². The average molecular weight is 378 g/mol. The molecule has 1 aliphatic heterocycles. The van der Waals surface area contributed by atoms with Crippen molar-refractivity contribution in [2.45, 2.75) is 64.2 Å². The van der Waals surface area contributed by atoms with E-state index in [1.54, 1.807) is 0 Å². The Kier molecular flexibility index (Phi) is 4.37. The minimum Gasteiger partial charge on any atom is -0.423 e. The Bertz CT molecular complexity index is 854. The number of fused-ring (bicyclic) bond motifs is 5. The number of benzene rings is 1. The van der Waals surface area contributed by atoms with Crippen molar-refractivity contribution >= 4 is 5.97 Å². The van der Waals surface area contributed by atoms with Gasteiger partial charge in [-0.2, -0.15) is 0 Å². The maximum absolute atomic E-state index is 12.5. The number of aryl methyl sites for hydroxylation is 1. The lowest BCUT2D eigenvalue weighted by molar-refractivity contribution is -0.130. The van der Waals surface area contributed by atoms with E-state index >= 15 is 0 Å². The van der Waals surface area contributed by atoms with Crippen LogP contribution in [0.15, 0.2) is 42.2 Å². The van der Waals surface area contributed by atoms with E-state index in [4.69, 9.17) is 4.74 Å². The summed E-state index contributed by atoms with van der Waals surface area (Å²) in [4.78, 5) is 14.4. The predicted molar refractivity (Wildman–Crippen MR) is 111 cm³/mol. The van der Waals surface area contributed by atoms with Crippen LogP contribution in [0.5, 0.6) is 5.75 Å². The third-order valence-electron chi connectivity index (χ3n) is 7.99. The normalized spacial score (nSPS) is 33.6. The highest BCUT2D eigenvalue weighted by Crippen LogP contribution is 2.60. The van der Waals surface area contributed by atoms with Gasteiger partial charge in [-0.3, -0.25) is 0 Å². The van der Waals surface area contributed by atoms with Crippen LogP contribution in [0.4, 0.5) is 0 Å². The molecule has 148 valence electrons. The van der Waals surface area contributed by atoms with Crippen LogP contribution < -0.4 is 4.74 Å². The van der Waals surface area contributed by atoms with E-state index in [2.05, 4.69) is 19.1 Å². The smallest absolute Gasteiger partial charge is 0.341 e. The first-order chi connectivity index (χ1) is 13.5. The molecule has 0 unspecified atom stereocenters. The van der Waals surface area contributed by atoms with Crippen LogP contribution >= 0.6 is 0 Å². The van der Waals surface area contributed by atoms with E-state index in [-0.39, 0.29) is 5.97 Å². The van der Waals surface area contributed by atoms with Crippen LogP contribution in [0.1, 0.15) is 68.9 Å². The summed E-state index contributed by atoms with van der Waals surface area (Å²) in [6.07, 6.45) is 15.9. The van der Waals surface area contributed by atoms with Gasteiger partial charge in [-0.05, 0) is 91.2 Å². The van der Waals surface area contributed by atoms with Gasteiger partial charge < -0.3 is 9.64 Å². The van der Waals surface area contributed by atoms with Gasteiger partial charge in [-0.1, -0.05) is 25.5 Å². The first kappa shape index (κ1) is 18.0. The van der Waals surface area contributed by atoms with Crippen molar-refractivity contribution in [2.24, 2.45) is 17.3 Å². The molecule has 2 saturated carbocycles. The summed E-state index contributed by atoms with van der Waals surface area (Å²) in [5.41, 5.74) is 4.24. The van der Waals surface area contributed by atoms with Gasteiger partial charge in [0.05, 0.1) is 5.57 Å². The van der Waals surface area contributed by atoms with E-state index in [0.717, 1.165) is 18.3 Å². The summed E-state index contributed by atoms with van der Waals surface area (Å²) < 4.78 is 5.72. The highest BCUT2D eigenvalue weighted by Gasteiger charge is 2.50. The van der Waals surface area contributed by atoms with Gasteiger partial charge in [0, 0.05) is 19.7 Å². The summed E-state index contributed by atoms with van der Waals surface area (Å²) in [6.45, 7) is 2.55. The maximum Gasteiger partial charge on any atom is 0.341 e. The van der Waals surface area contributed by atoms with Gasteiger partial charge in [0.1, 0.15) is 5.75 Å². The number of esters is 1. The second-order valence-electron chi connectivity index (χ2n) is 9.66. The molecule has 0 amide bonds. The number of ether oxygens (including phenoxy) is 1. The molecule has 2 fully saturated rings. The van der Waals surface area contributed by atoms with Crippen molar-refractivity contribution in [3.05, 3.63) is 53.4 Å². The van der Waals surface area contributed by atoms with E-state index in [1.807, 2.05) is 36.5 Å². The zero-order valence-electron chi connectivity index (χ0n) is 17.1. The quantitative estimate of drug-likeness (QED) is 0.498. The number of allylic oxidation sites excluding steroid dienone is 1. The van der Waals surface area contributed by atoms with Crippen LogP contribution in [0.25, 0.3) is 0 Å². The second-order valence-corrected chi connectivity index (χ2v) is 9.66. The molecule has 3 nitrogen and oxygen atoms in total. The first-order valence-electron chi connectivity index (χ1n) is 11.0. The topological polar surface area (TPSA) is 29.5 Å². The largest absolute Gasteiger partial charge is 0.423 e. The Morgan fingerprint density at radius 2 is 2.11 bits per heavy atom. The van der Waals surface area contributed by atoms with Crippen molar-refractivity contribution in [3.63, 3.8) is 0 Å². The van der Waals surface area contributed by atoms with Crippen molar-refractivity contribution in [3.8, 4) is 5.75 Å². The van der Waals surface area contributed by atoms with Gasteiger partial charge in [-0.15, -0.1) is 0 Å². The summed E-state index contributed by atoms with van der Waals surface area (Å²) in [6, 6.07) is 6.41. The monoisotopic (exact) mass is 377 g/mol. The SMILES string of the molecule is CN1C=CCC(C(=O)Oc2ccc3c(c2)CC[C@@H]2[C@@H]3CC[C@]3(C)CCC[C@@H]23)=C1. The molecule has 0 saturated heterocycles. The number of rotatable bonds is 2. The Morgan fingerprint density at radius 1 is 1.21 bits per heavy atom. The summed E-state index contributed by atoms with van der Waals surface area (Å²) in [5.74, 6) is 2.95. The van der Waals surface area contributed by atoms with Crippen LogP contribution in [0, 0.1) is 17.3 Å². The highest BCUT2D eigenvalue weighted by atomic mass is 16.5. The van der Waals surface area contributed by atoms with Gasteiger partial charge in [0.15, 0.2) is 0 Å². The third-order valence-corrected chi connectivity index (χ3v) is 7.99. The number of carbonyl (C=O) groups excluding carboxylic acids is 1. The highest BCUT2D eigenvalue weighted by molar-refractivity contribution is 5.90. The van der Waals surface area contributed by atoms with Gasteiger partial charge >= 0.3 is 5.97 Å². The molecular weight excluding hydrogens is 346 g/mol. The molecule has 0 N–H and O–H groups in total. The molecule has 0 aromatic heterocycles. The van der Waals surface area contributed by atoms with E-state index in [9.17, 15) is 4.79 Å². The zero-order valence-corrected chi connectivity index (χ0v) is 17.1. The molecule has 1 heterocycles. The molecule has 28 heavy (non-hydrogen) atoms. The molecule has 5 rings (SSSR count). The van der Waals surface area contributed by atoms with Gasteiger partial charge in [-0.25, -0.2) is 4.79 Å². The van der Waals surface area contributed by atoms with E-state index in [0.29, 0.717) is 29.1 Å². The number of nitrogens with zero attached hydrogens (tertiary/aromatic N) is 1. The van der Waals surface area contributed by atoms with Crippen molar-refractivity contribution in [2.75, 3.05) is 7.05 Å². The standard InChI is InChI=1S/C25H31NO2/c1-25-12-3-6-23(25)22-9-7-17-15-19(8-10-20(17)21(22)11-13-25)28-24(27)18-5-4-14-26(2)16-18/h4,8,10,14-16,21-23H,3,5-7,9,11-13H2,1-2H3/t21-,22-,23+,25+/m1/s1. The molecule has 0 radical (unpaired) electrons. The minimum absolute atomic E-state index is 0.232. The van der Waals surface area contributed by atoms with Crippen molar-refractivity contribution < 1.29 is 9.53 Å². The number of carbonyl (C=O) groups is 1. The lowest BCUT2D eigenvalue weighted by Crippen LogP contribution is -2.39. The summed E-state index contributed by atoms with van der Waals surface area (Å²) >= 11 is 0. The lowest BCUT2D eigenvalue weighted by atomic mass is 9.56. The molecule has 0 spiro atoms. The van der Waals surface area contributed by atoms with Crippen molar-refractivity contribution in [1.82, 2.24) is 4.90 Å². The van der Waals surface area contributed by atoms with Crippen LogP contribution in [-0.4, -0.2) is 17.9 Å². The molecule has 1 aromatic carbocycles. The maximum atomic E-state index is 12.5. The van der Waals surface area contributed by atoms with Crippen LogP contribution in [0.2, 0.25) is 0 Å². The lowest BCUT2D eigenvalue weighted by Gasteiger charge is -2.49. The average Bonchev–Trinajstić information content (AvgIpc) is 3.09. The Balaban J connectivity index is 1.34. The third kappa shape index (κ3) is 3.00. The molecule has 4 aliphatic rings. The fraction of sp³-hybridized carbons (Fsp3) is 0.560. The number of hydrogen-bond acceptors (Lipinski definition) is 3. The molecule has 3 aliphatic carbocycles. The molecule has 3 heteroatoms. The molecule has 0 bridgehead atoms. The van der Waals surface area contributed by atoms with E-state index < -0.39 is 0 Å². The van der Waals surface area contributed by atoms with Crippen molar-refractivity contribution in [1.29, 1.82) is 0 Å². The first-order valence-corrected chi connectivity index (χ1v) is 11.0. The predicted octanol–water partition coefficient (Wildman–Crippen LogP) is 5.57. The molecule has 1 aromatic rings. The van der Waals surface area contributed by atoms with Gasteiger partial charge in [0.25, 0.3) is 0 Å².